The quantitative estimate of drug-likeness (QED) is 0.633. The molecular weight excluding hydrogens is 400 g/mol. The summed E-state index contributed by atoms with van der Waals surface area (Å²) < 4.78 is 2.03. The van der Waals surface area contributed by atoms with Gasteiger partial charge in [-0.15, -0.1) is 10.2 Å². The number of nitrogens with zero attached hydrogens (tertiary/aromatic N) is 6. The second kappa shape index (κ2) is 9.02. The van der Waals surface area contributed by atoms with Crippen LogP contribution in [0.5, 0.6) is 0 Å². The molecule has 0 saturated carbocycles. The van der Waals surface area contributed by atoms with Crippen LogP contribution in [0.2, 0.25) is 0 Å². The van der Waals surface area contributed by atoms with E-state index in [9.17, 15) is 4.79 Å². The highest BCUT2D eigenvalue weighted by Crippen LogP contribution is 2.24. The van der Waals surface area contributed by atoms with Crippen LogP contribution in [0.1, 0.15) is 36.5 Å². The molecule has 1 unspecified atom stereocenters. The number of rotatable bonds is 4. The van der Waals surface area contributed by atoms with Crippen LogP contribution in [0.3, 0.4) is 0 Å². The minimum absolute atomic E-state index is 0.0872. The zero-order chi connectivity index (χ0) is 21.9. The van der Waals surface area contributed by atoms with E-state index in [1.54, 1.807) is 0 Å². The zero-order valence-electron chi connectivity index (χ0n) is 18.6. The molecule has 1 amide bonds. The summed E-state index contributed by atoms with van der Waals surface area (Å²) in [6, 6.07) is 16.5. The third-order valence-corrected chi connectivity index (χ3v) is 6.64. The van der Waals surface area contributed by atoms with Gasteiger partial charge in [-0.1, -0.05) is 0 Å². The van der Waals surface area contributed by atoms with Crippen molar-refractivity contribution in [3.63, 3.8) is 0 Å². The first-order valence-corrected chi connectivity index (χ1v) is 11.6. The molecule has 0 bridgehead atoms. The Hall–Kier alpha value is -3.35. The van der Waals surface area contributed by atoms with E-state index in [0.717, 1.165) is 42.5 Å². The number of anilines is 2. The molecule has 7 nitrogen and oxygen atoms in total. The fourth-order valence-electron chi connectivity index (χ4n) is 4.68. The van der Waals surface area contributed by atoms with Crippen molar-refractivity contribution in [3.05, 3.63) is 66.5 Å². The molecule has 32 heavy (non-hydrogen) atoms. The molecular formula is C25H30N6O. The molecule has 166 valence electrons. The number of carbonyl (C=O) groups excluding carboxylic acids is 1. The predicted molar refractivity (Wildman–Crippen MR) is 127 cm³/mol. The van der Waals surface area contributed by atoms with Crippen LogP contribution in [0.25, 0.3) is 5.69 Å². The molecule has 0 aliphatic carbocycles. The third-order valence-electron chi connectivity index (χ3n) is 6.64. The van der Waals surface area contributed by atoms with Crippen LogP contribution < -0.4 is 9.80 Å². The van der Waals surface area contributed by atoms with E-state index < -0.39 is 0 Å². The lowest BCUT2D eigenvalue weighted by atomic mass is 10.0. The summed E-state index contributed by atoms with van der Waals surface area (Å²) in [6.45, 7) is 6.22. The Balaban J connectivity index is 1.18. The molecule has 7 heteroatoms. The van der Waals surface area contributed by atoms with Gasteiger partial charge in [0.15, 0.2) is 11.6 Å². The van der Waals surface area contributed by atoms with Gasteiger partial charge in [0, 0.05) is 62.4 Å². The highest BCUT2D eigenvalue weighted by molar-refractivity contribution is 5.94. The Morgan fingerprint density at radius 1 is 0.844 bits per heavy atom. The van der Waals surface area contributed by atoms with E-state index >= 15 is 0 Å². The van der Waals surface area contributed by atoms with Crippen LogP contribution in [0, 0.1) is 0 Å². The van der Waals surface area contributed by atoms with Gasteiger partial charge < -0.3 is 19.3 Å². The van der Waals surface area contributed by atoms with E-state index in [1.807, 2.05) is 58.3 Å². The molecule has 1 atom stereocenters. The molecule has 2 aliphatic rings. The Bertz CT molecular complexity index is 1020. The van der Waals surface area contributed by atoms with E-state index in [2.05, 4.69) is 39.1 Å². The van der Waals surface area contributed by atoms with E-state index in [0.29, 0.717) is 19.1 Å². The lowest BCUT2D eigenvalue weighted by Crippen LogP contribution is -2.49. The van der Waals surface area contributed by atoms with Crippen molar-refractivity contribution in [1.29, 1.82) is 0 Å². The first-order valence-electron chi connectivity index (χ1n) is 11.6. The number of carbonyl (C=O) groups is 1. The van der Waals surface area contributed by atoms with Gasteiger partial charge >= 0.3 is 0 Å². The Kier molecular flexibility index (Phi) is 5.79. The fourth-order valence-corrected chi connectivity index (χ4v) is 4.68. The highest BCUT2D eigenvalue weighted by Gasteiger charge is 2.24. The lowest BCUT2D eigenvalue weighted by Gasteiger charge is -2.36. The first-order chi connectivity index (χ1) is 15.7. The van der Waals surface area contributed by atoms with Crippen molar-refractivity contribution in [3.8, 4) is 5.69 Å². The van der Waals surface area contributed by atoms with E-state index in [1.165, 1.54) is 19.3 Å². The molecule has 0 radical (unpaired) electrons. The molecule has 3 aromatic rings. The maximum atomic E-state index is 13.0. The first kappa shape index (κ1) is 20.5. The van der Waals surface area contributed by atoms with Gasteiger partial charge in [0.05, 0.1) is 0 Å². The van der Waals surface area contributed by atoms with Gasteiger partial charge in [0.25, 0.3) is 5.91 Å². The molecule has 0 N–H and O–H groups in total. The van der Waals surface area contributed by atoms with Crippen LogP contribution >= 0.6 is 0 Å². The van der Waals surface area contributed by atoms with Crippen molar-refractivity contribution < 1.29 is 4.79 Å². The minimum Gasteiger partial charge on any atom is -0.352 e. The largest absolute Gasteiger partial charge is 0.352 e. The maximum absolute atomic E-state index is 13.0. The van der Waals surface area contributed by atoms with E-state index in [4.69, 9.17) is 0 Å². The smallest absolute Gasteiger partial charge is 0.253 e. The summed E-state index contributed by atoms with van der Waals surface area (Å²) in [4.78, 5) is 19.5. The van der Waals surface area contributed by atoms with Crippen molar-refractivity contribution >= 4 is 17.5 Å². The lowest BCUT2D eigenvalue weighted by molar-refractivity contribution is 0.0746. The SMILES string of the molecule is CC1CCCCN1c1ccc(N2CCN(C(=O)c3ccc(-n4cccc4)cc3)CC2)nn1. The molecule has 0 spiro atoms. The molecule has 1 aromatic carbocycles. The highest BCUT2D eigenvalue weighted by atomic mass is 16.2. The number of hydrogen-bond acceptors (Lipinski definition) is 5. The fraction of sp³-hybridized carbons (Fsp3) is 0.400. The zero-order valence-corrected chi connectivity index (χ0v) is 18.6. The summed E-state index contributed by atoms with van der Waals surface area (Å²) in [7, 11) is 0. The number of piperazine rings is 1. The molecule has 5 rings (SSSR count). The van der Waals surface area contributed by atoms with Gasteiger partial charge in [0.2, 0.25) is 0 Å². The predicted octanol–water partition coefficient (Wildman–Crippen LogP) is 3.61. The number of amides is 1. The Morgan fingerprint density at radius 3 is 2.19 bits per heavy atom. The number of benzene rings is 1. The van der Waals surface area contributed by atoms with E-state index in [-0.39, 0.29) is 5.91 Å². The summed E-state index contributed by atoms with van der Waals surface area (Å²) in [5.74, 6) is 1.95. The van der Waals surface area contributed by atoms with Crippen molar-refractivity contribution in [2.75, 3.05) is 42.5 Å². The number of aromatic nitrogens is 3. The summed E-state index contributed by atoms with van der Waals surface area (Å²) in [5, 5.41) is 9.01. The normalized spacial score (nSPS) is 19.3. The average molecular weight is 431 g/mol. The molecule has 4 heterocycles. The summed E-state index contributed by atoms with van der Waals surface area (Å²) in [5.41, 5.74) is 1.78. The van der Waals surface area contributed by atoms with Gasteiger partial charge in [-0.25, -0.2) is 0 Å². The summed E-state index contributed by atoms with van der Waals surface area (Å²) in [6.07, 6.45) is 7.73. The third kappa shape index (κ3) is 4.20. The molecule has 2 saturated heterocycles. The number of piperidine rings is 1. The maximum Gasteiger partial charge on any atom is 0.253 e. The number of hydrogen-bond donors (Lipinski definition) is 0. The van der Waals surface area contributed by atoms with Gasteiger partial charge in [0.1, 0.15) is 0 Å². The standard InChI is InChI=1S/C25H30N6O/c1-20-6-2-3-15-31(20)24-12-11-23(26-27-24)29-16-18-30(19-17-29)25(32)21-7-9-22(10-8-21)28-13-4-5-14-28/h4-5,7-14,20H,2-3,6,15-19H2,1H3. The van der Waals surface area contributed by atoms with Crippen LogP contribution in [0.4, 0.5) is 11.6 Å². The molecule has 2 fully saturated rings. The summed E-state index contributed by atoms with van der Waals surface area (Å²) >= 11 is 0. The van der Waals surface area contributed by atoms with Crippen molar-refractivity contribution in [2.24, 2.45) is 0 Å². The molecule has 2 aliphatic heterocycles. The van der Waals surface area contributed by atoms with Crippen molar-refractivity contribution in [1.82, 2.24) is 19.7 Å². The topological polar surface area (TPSA) is 57.5 Å². The monoisotopic (exact) mass is 430 g/mol. The molecule has 2 aromatic heterocycles. The van der Waals surface area contributed by atoms with Gasteiger partial charge in [-0.2, -0.15) is 0 Å². The van der Waals surface area contributed by atoms with Crippen LogP contribution in [-0.4, -0.2) is 64.3 Å². The average Bonchev–Trinajstić information content (AvgIpc) is 3.39. The van der Waals surface area contributed by atoms with Crippen LogP contribution in [0.15, 0.2) is 60.9 Å². The minimum atomic E-state index is 0.0872. The Labute approximate surface area is 189 Å². The van der Waals surface area contributed by atoms with Crippen LogP contribution in [-0.2, 0) is 0 Å². The Morgan fingerprint density at radius 2 is 1.53 bits per heavy atom. The second-order valence-corrected chi connectivity index (χ2v) is 8.70. The van der Waals surface area contributed by atoms with Gasteiger partial charge in [-0.05, 0) is 74.7 Å². The second-order valence-electron chi connectivity index (χ2n) is 8.70. The van der Waals surface area contributed by atoms with Crippen molar-refractivity contribution in [2.45, 2.75) is 32.2 Å². The van der Waals surface area contributed by atoms with Gasteiger partial charge in [-0.3, -0.25) is 4.79 Å².